The smallest absolute Gasteiger partial charge is 0.256 e. The second-order valence-corrected chi connectivity index (χ2v) is 4.80. The number of rotatable bonds is 3. The molecule has 1 amide bonds. The Kier molecular flexibility index (Phi) is 4.77. The van der Waals surface area contributed by atoms with Gasteiger partial charge in [0.25, 0.3) is 5.91 Å². The molecule has 0 unspecified atom stereocenters. The minimum atomic E-state index is -0.171. The number of nitrogens with one attached hydrogen (secondary N) is 1. The molecule has 20 heavy (non-hydrogen) atoms. The Morgan fingerprint density at radius 2 is 2.30 bits per heavy atom. The number of methoxy groups -OCH3 is 1. The predicted octanol–water partition coefficient (Wildman–Crippen LogP) is 2.32. The van der Waals surface area contributed by atoms with Crippen LogP contribution in [-0.2, 0) is 0 Å². The Hall–Kier alpha value is -2.29. The molecule has 102 valence electrons. The maximum absolute atomic E-state index is 12.1. The summed E-state index contributed by atoms with van der Waals surface area (Å²) >= 11 is 1.42. The van der Waals surface area contributed by atoms with Crippen molar-refractivity contribution in [3.8, 4) is 17.6 Å². The van der Waals surface area contributed by atoms with E-state index >= 15 is 0 Å². The van der Waals surface area contributed by atoms with E-state index in [1.807, 2.05) is 18.2 Å². The topological polar surface area (TPSA) is 64.3 Å². The summed E-state index contributed by atoms with van der Waals surface area (Å²) in [4.78, 5) is 12.9. The fraction of sp³-hybridized carbons (Fsp3) is 0.133. The second-order valence-electron chi connectivity index (χ2n) is 3.89. The van der Waals surface area contributed by atoms with Gasteiger partial charge in [0.2, 0.25) is 0 Å². The van der Waals surface area contributed by atoms with E-state index < -0.39 is 0 Å². The lowest BCUT2D eigenvalue weighted by atomic mass is 10.2. The van der Waals surface area contributed by atoms with Gasteiger partial charge in [0.15, 0.2) is 0 Å². The van der Waals surface area contributed by atoms with Crippen molar-refractivity contribution in [2.75, 3.05) is 19.0 Å². The number of anilines is 1. The number of hydrogen-bond donors (Lipinski definition) is 2. The zero-order chi connectivity index (χ0) is 14.4. The Morgan fingerprint density at radius 1 is 1.45 bits per heavy atom. The average Bonchev–Trinajstić information content (AvgIpc) is 2.94. The molecular weight excluding hydrogens is 272 g/mol. The van der Waals surface area contributed by atoms with Crippen LogP contribution in [0.3, 0.4) is 0 Å². The van der Waals surface area contributed by atoms with E-state index in [0.717, 1.165) is 4.88 Å². The highest BCUT2D eigenvalue weighted by Gasteiger charge is 2.08. The molecule has 3 N–H and O–H groups in total. The van der Waals surface area contributed by atoms with E-state index in [1.165, 1.54) is 11.3 Å². The van der Waals surface area contributed by atoms with Crippen LogP contribution in [-0.4, -0.2) is 19.6 Å². The molecular formula is C15H14N2O2S. The summed E-state index contributed by atoms with van der Waals surface area (Å²) in [6.45, 7) is 0.309. The molecule has 0 aliphatic carbocycles. The number of ether oxygens (including phenoxy) is 1. The van der Waals surface area contributed by atoms with E-state index in [2.05, 4.69) is 17.2 Å². The van der Waals surface area contributed by atoms with E-state index in [1.54, 1.807) is 24.6 Å². The molecule has 1 aromatic heterocycles. The van der Waals surface area contributed by atoms with Gasteiger partial charge in [-0.1, -0.05) is 17.9 Å². The fourth-order valence-electron chi connectivity index (χ4n) is 1.56. The monoisotopic (exact) mass is 286 g/mol. The van der Waals surface area contributed by atoms with Crippen LogP contribution in [0.4, 0.5) is 5.69 Å². The summed E-state index contributed by atoms with van der Waals surface area (Å²) in [7, 11) is 1.59. The van der Waals surface area contributed by atoms with Crippen molar-refractivity contribution in [3.05, 3.63) is 46.2 Å². The number of benzene rings is 1. The fourth-order valence-corrected chi connectivity index (χ4v) is 2.32. The Balaban J connectivity index is 2.09. The minimum Gasteiger partial charge on any atom is -0.497 e. The lowest BCUT2D eigenvalue weighted by molar-refractivity contribution is 0.102. The Bertz CT molecular complexity index is 668. The Morgan fingerprint density at radius 3 is 3.05 bits per heavy atom. The zero-order valence-corrected chi connectivity index (χ0v) is 11.8. The van der Waals surface area contributed by atoms with Crippen LogP contribution in [0, 0.1) is 11.8 Å². The van der Waals surface area contributed by atoms with Crippen molar-refractivity contribution in [1.82, 2.24) is 0 Å². The van der Waals surface area contributed by atoms with Crippen LogP contribution in [0.25, 0.3) is 0 Å². The van der Waals surface area contributed by atoms with Gasteiger partial charge in [-0.05, 0) is 18.2 Å². The highest BCUT2D eigenvalue weighted by atomic mass is 32.1. The quantitative estimate of drug-likeness (QED) is 0.851. The van der Waals surface area contributed by atoms with Gasteiger partial charge in [0.05, 0.1) is 24.1 Å². The summed E-state index contributed by atoms with van der Waals surface area (Å²) < 4.78 is 5.11. The summed E-state index contributed by atoms with van der Waals surface area (Å²) in [5.74, 6) is 6.19. The van der Waals surface area contributed by atoms with Gasteiger partial charge in [0.1, 0.15) is 5.75 Å². The third kappa shape index (κ3) is 3.60. The van der Waals surface area contributed by atoms with Crippen LogP contribution < -0.4 is 15.8 Å². The van der Waals surface area contributed by atoms with Crippen molar-refractivity contribution in [3.63, 3.8) is 0 Å². The van der Waals surface area contributed by atoms with Crippen molar-refractivity contribution in [2.45, 2.75) is 0 Å². The standard InChI is InChI=1S/C15H14N2O2S/c1-19-13-5-2-4-12(9-13)17-15(18)11-8-14(20-10-11)6-3-7-16/h2,4-5,8-10H,7,16H2,1H3,(H,17,18). The minimum absolute atomic E-state index is 0.171. The maximum Gasteiger partial charge on any atom is 0.256 e. The SMILES string of the molecule is COc1cccc(NC(=O)c2csc(C#CCN)c2)c1. The Labute approximate surface area is 121 Å². The summed E-state index contributed by atoms with van der Waals surface area (Å²) in [6, 6.07) is 8.96. The molecule has 5 heteroatoms. The summed E-state index contributed by atoms with van der Waals surface area (Å²) in [5, 5.41) is 4.59. The van der Waals surface area contributed by atoms with Gasteiger partial charge in [-0.3, -0.25) is 4.79 Å². The van der Waals surface area contributed by atoms with Crippen LogP contribution in [0.15, 0.2) is 35.7 Å². The van der Waals surface area contributed by atoms with Crippen LogP contribution >= 0.6 is 11.3 Å². The molecule has 0 saturated heterocycles. The van der Waals surface area contributed by atoms with Crippen molar-refractivity contribution >= 4 is 22.9 Å². The highest BCUT2D eigenvalue weighted by Crippen LogP contribution is 2.19. The second kappa shape index (κ2) is 6.75. The third-order valence-corrected chi connectivity index (χ3v) is 3.35. The van der Waals surface area contributed by atoms with Gasteiger partial charge in [-0.15, -0.1) is 11.3 Å². The zero-order valence-electron chi connectivity index (χ0n) is 11.0. The number of hydrogen-bond acceptors (Lipinski definition) is 4. The summed E-state index contributed by atoms with van der Waals surface area (Å²) in [6.07, 6.45) is 0. The number of carbonyl (C=O) groups is 1. The molecule has 4 nitrogen and oxygen atoms in total. The van der Waals surface area contributed by atoms with E-state index in [-0.39, 0.29) is 5.91 Å². The predicted molar refractivity (Wildman–Crippen MR) is 81.2 cm³/mol. The lowest BCUT2D eigenvalue weighted by Crippen LogP contribution is -2.10. The normalized spacial score (nSPS) is 9.50. The number of thiophene rings is 1. The number of nitrogens with two attached hydrogens (primary N) is 1. The van der Waals surface area contributed by atoms with E-state index in [0.29, 0.717) is 23.5 Å². The van der Waals surface area contributed by atoms with Crippen molar-refractivity contribution in [2.24, 2.45) is 5.73 Å². The van der Waals surface area contributed by atoms with Gasteiger partial charge in [0, 0.05) is 17.1 Å². The lowest BCUT2D eigenvalue weighted by Gasteiger charge is -2.05. The van der Waals surface area contributed by atoms with Crippen LogP contribution in [0.2, 0.25) is 0 Å². The van der Waals surface area contributed by atoms with Gasteiger partial charge < -0.3 is 15.8 Å². The van der Waals surface area contributed by atoms with Crippen molar-refractivity contribution < 1.29 is 9.53 Å². The van der Waals surface area contributed by atoms with E-state index in [4.69, 9.17) is 10.5 Å². The molecule has 0 saturated carbocycles. The first-order valence-corrected chi connectivity index (χ1v) is 6.84. The van der Waals surface area contributed by atoms with Crippen LogP contribution in [0.5, 0.6) is 5.75 Å². The molecule has 1 aromatic carbocycles. The molecule has 0 atom stereocenters. The molecule has 0 aliphatic rings. The molecule has 0 radical (unpaired) electrons. The summed E-state index contributed by atoms with van der Waals surface area (Å²) in [5.41, 5.74) is 6.58. The van der Waals surface area contributed by atoms with Crippen LogP contribution in [0.1, 0.15) is 15.2 Å². The van der Waals surface area contributed by atoms with Gasteiger partial charge in [-0.25, -0.2) is 0 Å². The highest BCUT2D eigenvalue weighted by molar-refractivity contribution is 7.10. The molecule has 1 heterocycles. The number of amides is 1. The third-order valence-electron chi connectivity index (χ3n) is 2.50. The maximum atomic E-state index is 12.1. The molecule has 2 rings (SSSR count). The van der Waals surface area contributed by atoms with Crippen molar-refractivity contribution in [1.29, 1.82) is 0 Å². The van der Waals surface area contributed by atoms with Gasteiger partial charge in [-0.2, -0.15) is 0 Å². The number of carbonyl (C=O) groups excluding carboxylic acids is 1. The first kappa shape index (κ1) is 14.1. The first-order chi connectivity index (χ1) is 9.72. The first-order valence-electron chi connectivity index (χ1n) is 5.96. The molecule has 0 spiro atoms. The van der Waals surface area contributed by atoms with E-state index in [9.17, 15) is 4.79 Å². The van der Waals surface area contributed by atoms with Gasteiger partial charge >= 0.3 is 0 Å². The average molecular weight is 286 g/mol. The molecule has 0 fully saturated rings. The largest absolute Gasteiger partial charge is 0.497 e. The molecule has 2 aromatic rings. The molecule has 0 aliphatic heterocycles. The molecule has 0 bridgehead atoms.